The van der Waals surface area contributed by atoms with Crippen molar-refractivity contribution in [3.63, 3.8) is 0 Å². The van der Waals surface area contributed by atoms with Crippen LogP contribution in [0.4, 0.5) is 0 Å². The van der Waals surface area contributed by atoms with E-state index in [1.165, 1.54) is 37.8 Å². The van der Waals surface area contributed by atoms with E-state index in [1.54, 1.807) is 12.1 Å². The third-order valence-corrected chi connectivity index (χ3v) is 4.04. The molecule has 0 spiro atoms. The minimum Gasteiger partial charge on any atom is -0.508 e. The zero-order valence-corrected chi connectivity index (χ0v) is 13.6. The Labute approximate surface area is 124 Å². The van der Waals surface area contributed by atoms with E-state index in [9.17, 15) is 5.11 Å². The van der Waals surface area contributed by atoms with E-state index < -0.39 is 0 Å². The standard InChI is InChI=1S/C18H31NO/c1-5-6-7-14-19(15(2)3)16(4)8-9-17-10-12-18(20)13-11-17/h10-13,15-16,20H,5-9,14H2,1-4H3. The van der Waals surface area contributed by atoms with Crippen molar-refractivity contribution in [3.8, 4) is 5.75 Å². The summed E-state index contributed by atoms with van der Waals surface area (Å²) in [5.41, 5.74) is 1.31. The van der Waals surface area contributed by atoms with Crippen LogP contribution in [0.2, 0.25) is 0 Å². The Morgan fingerprint density at radius 3 is 2.25 bits per heavy atom. The lowest BCUT2D eigenvalue weighted by molar-refractivity contribution is 0.153. The van der Waals surface area contributed by atoms with E-state index in [-0.39, 0.29) is 0 Å². The van der Waals surface area contributed by atoms with Gasteiger partial charge in [-0.25, -0.2) is 0 Å². The molecule has 1 unspecified atom stereocenters. The van der Waals surface area contributed by atoms with Crippen molar-refractivity contribution in [1.82, 2.24) is 4.90 Å². The number of aryl methyl sites for hydroxylation is 1. The van der Waals surface area contributed by atoms with Gasteiger partial charge in [0.1, 0.15) is 5.75 Å². The maximum absolute atomic E-state index is 9.31. The molecule has 0 bridgehead atoms. The van der Waals surface area contributed by atoms with E-state index in [4.69, 9.17) is 0 Å². The number of nitrogens with zero attached hydrogens (tertiary/aromatic N) is 1. The molecule has 0 heterocycles. The molecule has 1 aromatic carbocycles. The number of hydrogen-bond acceptors (Lipinski definition) is 2. The Hall–Kier alpha value is -1.02. The number of rotatable bonds is 9. The van der Waals surface area contributed by atoms with Crippen LogP contribution in [0.3, 0.4) is 0 Å². The van der Waals surface area contributed by atoms with Gasteiger partial charge in [0.2, 0.25) is 0 Å². The SMILES string of the molecule is CCCCCN(C(C)C)C(C)CCc1ccc(O)cc1. The average Bonchev–Trinajstić information content (AvgIpc) is 2.42. The molecule has 2 heteroatoms. The van der Waals surface area contributed by atoms with Crippen LogP contribution in [-0.4, -0.2) is 28.6 Å². The molecule has 0 saturated heterocycles. The van der Waals surface area contributed by atoms with E-state index >= 15 is 0 Å². The van der Waals surface area contributed by atoms with Crippen molar-refractivity contribution in [1.29, 1.82) is 0 Å². The molecule has 0 amide bonds. The monoisotopic (exact) mass is 277 g/mol. The average molecular weight is 277 g/mol. The van der Waals surface area contributed by atoms with Crippen molar-refractivity contribution in [3.05, 3.63) is 29.8 Å². The zero-order chi connectivity index (χ0) is 15.0. The molecule has 0 radical (unpaired) electrons. The Balaban J connectivity index is 2.44. The number of benzene rings is 1. The maximum Gasteiger partial charge on any atom is 0.115 e. The number of phenols is 1. The van der Waals surface area contributed by atoms with E-state index in [0.717, 1.165) is 6.42 Å². The number of unbranched alkanes of at least 4 members (excludes halogenated alkanes) is 2. The molecule has 1 rings (SSSR count). The van der Waals surface area contributed by atoms with Crippen LogP contribution in [0.5, 0.6) is 5.75 Å². The zero-order valence-electron chi connectivity index (χ0n) is 13.6. The lowest BCUT2D eigenvalue weighted by Gasteiger charge is -2.33. The highest BCUT2D eigenvalue weighted by molar-refractivity contribution is 5.25. The summed E-state index contributed by atoms with van der Waals surface area (Å²) in [5.74, 6) is 0.352. The quantitative estimate of drug-likeness (QED) is 0.666. The summed E-state index contributed by atoms with van der Waals surface area (Å²) in [6, 6.07) is 8.84. The van der Waals surface area contributed by atoms with Gasteiger partial charge in [-0.15, -0.1) is 0 Å². The van der Waals surface area contributed by atoms with Crippen molar-refractivity contribution in [2.75, 3.05) is 6.54 Å². The Morgan fingerprint density at radius 1 is 1.05 bits per heavy atom. The summed E-state index contributed by atoms with van der Waals surface area (Å²) in [5, 5.41) is 9.31. The molecule has 0 aliphatic rings. The molecule has 1 N–H and O–H groups in total. The van der Waals surface area contributed by atoms with Crippen LogP contribution in [0.1, 0.15) is 58.9 Å². The topological polar surface area (TPSA) is 23.5 Å². The predicted octanol–water partition coefficient (Wildman–Crippen LogP) is 4.61. The van der Waals surface area contributed by atoms with Crippen molar-refractivity contribution in [2.24, 2.45) is 0 Å². The summed E-state index contributed by atoms with van der Waals surface area (Å²) >= 11 is 0. The Bertz CT molecular complexity index is 358. The van der Waals surface area contributed by atoms with Gasteiger partial charge in [-0.05, 0) is 64.3 Å². The number of hydrogen-bond donors (Lipinski definition) is 1. The molecule has 1 aromatic rings. The van der Waals surface area contributed by atoms with Gasteiger partial charge in [0.05, 0.1) is 0 Å². The minimum absolute atomic E-state index is 0.352. The third-order valence-electron chi connectivity index (χ3n) is 4.04. The minimum atomic E-state index is 0.352. The summed E-state index contributed by atoms with van der Waals surface area (Å²) in [7, 11) is 0. The second kappa shape index (κ2) is 9.02. The molecule has 20 heavy (non-hydrogen) atoms. The fraction of sp³-hybridized carbons (Fsp3) is 0.667. The van der Waals surface area contributed by atoms with Crippen molar-refractivity contribution >= 4 is 0 Å². The van der Waals surface area contributed by atoms with Crippen LogP contribution in [0.15, 0.2) is 24.3 Å². The molecule has 0 aromatic heterocycles. The summed E-state index contributed by atoms with van der Waals surface area (Å²) in [4.78, 5) is 2.62. The highest BCUT2D eigenvalue weighted by atomic mass is 16.3. The first kappa shape index (κ1) is 17.0. The molecular formula is C18H31NO. The van der Waals surface area contributed by atoms with E-state index in [1.807, 2.05) is 12.1 Å². The van der Waals surface area contributed by atoms with Gasteiger partial charge < -0.3 is 5.11 Å². The van der Waals surface area contributed by atoms with Gasteiger partial charge in [0.25, 0.3) is 0 Å². The van der Waals surface area contributed by atoms with Gasteiger partial charge in [-0.3, -0.25) is 4.90 Å². The fourth-order valence-corrected chi connectivity index (χ4v) is 2.74. The van der Waals surface area contributed by atoms with Gasteiger partial charge in [0, 0.05) is 12.1 Å². The van der Waals surface area contributed by atoms with Gasteiger partial charge in [0.15, 0.2) is 0 Å². The van der Waals surface area contributed by atoms with Crippen molar-refractivity contribution in [2.45, 2.75) is 71.9 Å². The van der Waals surface area contributed by atoms with Crippen LogP contribution in [0, 0.1) is 0 Å². The summed E-state index contributed by atoms with van der Waals surface area (Å²) in [6.07, 6.45) is 6.17. The number of phenolic OH excluding ortho intramolecular Hbond substituents is 1. The van der Waals surface area contributed by atoms with Gasteiger partial charge in [-0.1, -0.05) is 31.9 Å². The summed E-state index contributed by atoms with van der Waals surface area (Å²) < 4.78 is 0. The first-order valence-corrected chi connectivity index (χ1v) is 8.08. The van der Waals surface area contributed by atoms with E-state index in [0.29, 0.717) is 17.8 Å². The van der Waals surface area contributed by atoms with Crippen LogP contribution >= 0.6 is 0 Å². The molecule has 1 atom stereocenters. The first-order valence-electron chi connectivity index (χ1n) is 8.08. The molecule has 114 valence electrons. The summed E-state index contributed by atoms with van der Waals surface area (Å²) in [6.45, 7) is 10.4. The van der Waals surface area contributed by atoms with Crippen molar-refractivity contribution < 1.29 is 5.11 Å². The highest BCUT2D eigenvalue weighted by Crippen LogP contribution is 2.16. The molecule has 0 aliphatic carbocycles. The maximum atomic E-state index is 9.31. The Morgan fingerprint density at radius 2 is 1.70 bits per heavy atom. The lowest BCUT2D eigenvalue weighted by atomic mass is 10.0. The smallest absolute Gasteiger partial charge is 0.115 e. The molecule has 0 saturated carbocycles. The molecule has 0 fully saturated rings. The second-order valence-corrected chi connectivity index (χ2v) is 6.09. The normalized spacial score (nSPS) is 13.1. The van der Waals surface area contributed by atoms with Gasteiger partial charge >= 0.3 is 0 Å². The van der Waals surface area contributed by atoms with Gasteiger partial charge in [-0.2, -0.15) is 0 Å². The number of aromatic hydroxyl groups is 1. The van der Waals surface area contributed by atoms with Crippen LogP contribution in [0.25, 0.3) is 0 Å². The predicted molar refractivity (Wildman–Crippen MR) is 87.3 cm³/mol. The largest absolute Gasteiger partial charge is 0.508 e. The molecular weight excluding hydrogens is 246 g/mol. The Kier molecular flexibility index (Phi) is 7.68. The van der Waals surface area contributed by atoms with E-state index in [2.05, 4.69) is 32.6 Å². The van der Waals surface area contributed by atoms with Crippen LogP contribution < -0.4 is 0 Å². The lowest BCUT2D eigenvalue weighted by Crippen LogP contribution is -2.39. The molecule has 2 nitrogen and oxygen atoms in total. The van der Waals surface area contributed by atoms with Crippen LogP contribution in [-0.2, 0) is 6.42 Å². The fourth-order valence-electron chi connectivity index (χ4n) is 2.74. The molecule has 0 aliphatic heterocycles. The second-order valence-electron chi connectivity index (χ2n) is 6.09. The third kappa shape index (κ3) is 5.96. The highest BCUT2D eigenvalue weighted by Gasteiger charge is 2.16. The first-order chi connectivity index (χ1) is 9.54.